The Morgan fingerprint density at radius 2 is 2.06 bits per heavy atom. The van der Waals surface area contributed by atoms with E-state index in [-0.39, 0.29) is 0 Å². The van der Waals surface area contributed by atoms with Crippen molar-refractivity contribution in [2.45, 2.75) is 32.1 Å². The van der Waals surface area contributed by atoms with Gasteiger partial charge in [0.2, 0.25) is 0 Å². The van der Waals surface area contributed by atoms with Gasteiger partial charge in [-0.05, 0) is 42.5 Å². The molecule has 2 rings (SSSR count). The maximum Gasteiger partial charge on any atom is 0.137 e. The number of hydrogen-bond acceptors (Lipinski definition) is 2. The molecule has 1 aliphatic rings. The fourth-order valence-electron chi connectivity index (χ4n) is 2.06. The lowest BCUT2D eigenvalue weighted by Crippen LogP contribution is -2.13. The zero-order valence-corrected chi connectivity index (χ0v) is 11.5. The third-order valence-corrected chi connectivity index (χ3v) is 3.60. The van der Waals surface area contributed by atoms with Gasteiger partial charge in [0.25, 0.3) is 0 Å². The number of Topliss-reactive ketones (excluding diaryl/α,β-unsaturated/α-hetero) is 1. The number of unbranched alkanes of at least 4 members (excludes halogenated alkanes) is 1. The Bertz CT molecular complexity index is 401. The van der Waals surface area contributed by atoms with E-state index in [4.69, 9.17) is 4.74 Å². The lowest BCUT2D eigenvalue weighted by atomic mass is 9.91. The fourth-order valence-corrected chi connectivity index (χ4v) is 2.46. The van der Waals surface area contributed by atoms with Crippen molar-refractivity contribution in [3.63, 3.8) is 0 Å². The van der Waals surface area contributed by atoms with E-state index in [1.165, 1.54) is 5.56 Å². The molecule has 1 aliphatic carbocycles. The molecular formula is C14H17BrO2. The minimum absolute atomic E-state index is 0.342. The van der Waals surface area contributed by atoms with Gasteiger partial charge in [0.1, 0.15) is 11.5 Å². The number of alkyl halides is 1. The summed E-state index contributed by atoms with van der Waals surface area (Å²) in [6.07, 6.45) is 4.34. The fraction of sp³-hybridized carbons (Fsp3) is 0.500. The van der Waals surface area contributed by atoms with Gasteiger partial charge >= 0.3 is 0 Å². The van der Waals surface area contributed by atoms with E-state index in [1.54, 1.807) is 0 Å². The van der Waals surface area contributed by atoms with E-state index < -0.39 is 0 Å². The number of rotatable bonds is 5. The number of halogens is 1. The second-order valence-electron chi connectivity index (χ2n) is 4.39. The molecule has 17 heavy (non-hydrogen) atoms. The molecule has 0 N–H and O–H groups in total. The topological polar surface area (TPSA) is 26.3 Å². The van der Waals surface area contributed by atoms with Crippen LogP contribution in [-0.2, 0) is 17.6 Å². The highest BCUT2D eigenvalue weighted by Gasteiger charge is 2.15. The first-order chi connectivity index (χ1) is 8.29. The number of carbonyl (C=O) groups is 1. The second-order valence-corrected chi connectivity index (χ2v) is 5.18. The molecule has 0 bridgehead atoms. The molecule has 0 saturated carbocycles. The van der Waals surface area contributed by atoms with Gasteiger partial charge in [-0.1, -0.05) is 22.0 Å². The van der Waals surface area contributed by atoms with Gasteiger partial charge in [-0.25, -0.2) is 0 Å². The molecule has 1 aromatic rings. The van der Waals surface area contributed by atoms with Crippen molar-refractivity contribution in [1.29, 1.82) is 0 Å². The molecule has 0 aliphatic heterocycles. The third kappa shape index (κ3) is 3.56. The van der Waals surface area contributed by atoms with Crippen LogP contribution in [0.3, 0.4) is 0 Å². The summed E-state index contributed by atoms with van der Waals surface area (Å²) in [6.45, 7) is 0.748. The van der Waals surface area contributed by atoms with Gasteiger partial charge in [-0.3, -0.25) is 4.79 Å². The molecule has 3 heteroatoms. The molecule has 0 heterocycles. The summed E-state index contributed by atoms with van der Waals surface area (Å²) in [4.78, 5) is 11.4. The summed E-state index contributed by atoms with van der Waals surface area (Å²) in [5.41, 5.74) is 2.46. The number of aryl methyl sites for hydroxylation is 1. The molecule has 0 saturated heterocycles. The average Bonchev–Trinajstić information content (AvgIpc) is 2.34. The van der Waals surface area contributed by atoms with Crippen molar-refractivity contribution >= 4 is 21.7 Å². The van der Waals surface area contributed by atoms with Crippen LogP contribution in [0, 0.1) is 0 Å². The van der Waals surface area contributed by atoms with Crippen molar-refractivity contribution in [2.24, 2.45) is 0 Å². The summed E-state index contributed by atoms with van der Waals surface area (Å²) >= 11 is 3.40. The van der Waals surface area contributed by atoms with Crippen LogP contribution in [0.15, 0.2) is 18.2 Å². The maximum atomic E-state index is 11.4. The van der Waals surface area contributed by atoms with Crippen LogP contribution in [0.5, 0.6) is 5.75 Å². The number of fused-ring (bicyclic) bond motifs is 1. The van der Waals surface area contributed by atoms with Gasteiger partial charge in [0, 0.05) is 18.2 Å². The van der Waals surface area contributed by atoms with Crippen molar-refractivity contribution in [3.8, 4) is 5.75 Å². The third-order valence-electron chi connectivity index (χ3n) is 3.04. The normalized spacial score (nSPS) is 14.5. The number of carbonyl (C=O) groups excluding carboxylic acids is 1. The van der Waals surface area contributed by atoms with Crippen LogP contribution >= 0.6 is 15.9 Å². The summed E-state index contributed by atoms with van der Waals surface area (Å²) in [5, 5.41) is 1.02. The van der Waals surface area contributed by atoms with Crippen LogP contribution in [-0.4, -0.2) is 17.7 Å². The monoisotopic (exact) mass is 296 g/mol. The van der Waals surface area contributed by atoms with Crippen LogP contribution < -0.4 is 4.74 Å². The summed E-state index contributed by atoms with van der Waals surface area (Å²) in [6, 6.07) is 6.14. The van der Waals surface area contributed by atoms with Gasteiger partial charge in [0.05, 0.1) is 6.61 Å². The molecule has 2 nitrogen and oxygen atoms in total. The molecular weight excluding hydrogens is 280 g/mol. The zero-order valence-electron chi connectivity index (χ0n) is 9.88. The van der Waals surface area contributed by atoms with Crippen molar-refractivity contribution < 1.29 is 9.53 Å². The van der Waals surface area contributed by atoms with Crippen LogP contribution in [0.25, 0.3) is 0 Å². The molecule has 0 amide bonds. The molecule has 0 fully saturated rings. The lowest BCUT2D eigenvalue weighted by molar-refractivity contribution is -0.118. The minimum Gasteiger partial charge on any atom is -0.494 e. The van der Waals surface area contributed by atoms with Crippen molar-refractivity contribution in [1.82, 2.24) is 0 Å². The number of hydrogen-bond donors (Lipinski definition) is 0. The van der Waals surface area contributed by atoms with E-state index in [0.29, 0.717) is 18.6 Å². The van der Waals surface area contributed by atoms with Crippen LogP contribution in [0.1, 0.15) is 30.4 Å². The molecule has 1 aromatic carbocycles. The zero-order chi connectivity index (χ0) is 12.1. The molecule has 0 atom stereocenters. The Kier molecular flexibility index (Phi) is 4.60. The first kappa shape index (κ1) is 12.6. The van der Waals surface area contributed by atoms with E-state index in [9.17, 15) is 4.79 Å². The Hall–Kier alpha value is -0.830. The highest BCUT2D eigenvalue weighted by atomic mass is 79.9. The Morgan fingerprint density at radius 1 is 1.18 bits per heavy atom. The predicted molar refractivity (Wildman–Crippen MR) is 72.0 cm³/mol. The van der Waals surface area contributed by atoms with E-state index in [2.05, 4.69) is 22.0 Å². The Balaban J connectivity index is 1.95. The average molecular weight is 297 g/mol. The quantitative estimate of drug-likeness (QED) is 0.616. The Labute approximate surface area is 110 Å². The number of ether oxygens (including phenoxy) is 1. The smallest absolute Gasteiger partial charge is 0.137 e. The molecule has 0 unspecified atom stereocenters. The maximum absolute atomic E-state index is 11.4. The second kappa shape index (κ2) is 6.20. The summed E-state index contributed by atoms with van der Waals surface area (Å²) in [7, 11) is 0. The minimum atomic E-state index is 0.342. The SMILES string of the molecule is O=C1CCc2ccc(OCCCCBr)cc2C1. The molecule has 92 valence electrons. The summed E-state index contributed by atoms with van der Waals surface area (Å²) < 4.78 is 5.68. The van der Waals surface area contributed by atoms with E-state index in [1.807, 2.05) is 12.1 Å². The molecule has 0 radical (unpaired) electrons. The first-order valence-corrected chi connectivity index (χ1v) is 7.24. The standard InChI is InChI=1S/C14H17BrO2/c15-7-1-2-8-17-14-6-4-11-3-5-13(16)9-12(11)10-14/h4,6,10H,1-3,5,7-9H2. The van der Waals surface area contributed by atoms with Gasteiger partial charge in [-0.15, -0.1) is 0 Å². The van der Waals surface area contributed by atoms with E-state index in [0.717, 1.165) is 42.5 Å². The van der Waals surface area contributed by atoms with E-state index >= 15 is 0 Å². The molecule has 0 spiro atoms. The van der Waals surface area contributed by atoms with Gasteiger partial charge < -0.3 is 4.74 Å². The summed E-state index contributed by atoms with van der Waals surface area (Å²) in [5.74, 6) is 1.24. The van der Waals surface area contributed by atoms with Crippen molar-refractivity contribution in [2.75, 3.05) is 11.9 Å². The number of ketones is 1. The first-order valence-electron chi connectivity index (χ1n) is 6.12. The lowest BCUT2D eigenvalue weighted by Gasteiger charge is -2.16. The van der Waals surface area contributed by atoms with Crippen LogP contribution in [0.4, 0.5) is 0 Å². The van der Waals surface area contributed by atoms with Gasteiger partial charge in [-0.2, -0.15) is 0 Å². The van der Waals surface area contributed by atoms with Crippen LogP contribution in [0.2, 0.25) is 0 Å². The molecule has 0 aromatic heterocycles. The Morgan fingerprint density at radius 3 is 2.88 bits per heavy atom. The predicted octanol–water partition coefficient (Wildman–Crippen LogP) is 3.30. The van der Waals surface area contributed by atoms with Crippen molar-refractivity contribution in [3.05, 3.63) is 29.3 Å². The van der Waals surface area contributed by atoms with Gasteiger partial charge in [0.15, 0.2) is 0 Å². The highest BCUT2D eigenvalue weighted by molar-refractivity contribution is 9.09. The highest BCUT2D eigenvalue weighted by Crippen LogP contribution is 2.24. The largest absolute Gasteiger partial charge is 0.494 e. The number of benzene rings is 1.